The van der Waals surface area contributed by atoms with E-state index in [1.165, 1.54) is 17.7 Å². The van der Waals surface area contributed by atoms with Crippen LogP contribution in [-0.2, 0) is 13.0 Å². The molecule has 0 spiro atoms. The third-order valence-corrected chi connectivity index (χ3v) is 3.29. The zero-order valence-corrected chi connectivity index (χ0v) is 12.0. The first-order valence-electron chi connectivity index (χ1n) is 6.89. The maximum absolute atomic E-state index is 12.4. The van der Waals surface area contributed by atoms with E-state index in [0.29, 0.717) is 6.54 Å². The summed E-state index contributed by atoms with van der Waals surface area (Å²) in [6.45, 7) is 1.50. The number of halogens is 2. The molecule has 0 atom stereocenters. The summed E-state index contributed by atoms with van der Waals surface area (Å²) in [7, 11) is 1.65. The highest BCUT2D eigenvalue weighted by molar-refractivity contribution is 5.28. The van der Waals surface area contributed by atoms with E-state index in [1.54, 1.807) is 19.2 Å². The smallest absolute Gasteiger partial charge is 0.263 e. The molecular weight excluding hydrogens is 272 g/mol. The van der Waals surface area contributed by atoms with Crippen molar-refractivity contribution in [2.24, 2.45) is 0 Å². The Balaban J connectivity index is 1.76. The minimum Gasteiger partial charge on any atom is -0.497 e. The molecule has 0 bridgehead atoms. The predicted molar refractivity (Wildman–Crippen MR) is 79.8 cm³/mol. The van der Waals surface area contributed by atoms with E-state index >= 15 is 0 Å². The fourth-order valence-corrected chi connectivity index (χ4v) is 2.07. The molecule has 1 N–H and O–H groups in total. The number of alkyl halides is 2. The van der Waals surface area contributed by atoms with Crippen LogP contribution in [0.15, 0.2) is 48.5 Å². The highest BCUT2D eigenvalue weighted by Gasteiger charge is 2.05. The Bertz CT molecular complexity index is 555. The molecule has 0 aliphatic heterocycles. The van der Waals surface area contributed by atoms with Gasteiger partial charge in [-0.2, -0.15) is 0 Å². The molecule has 0 saturated carbocycles. The lowest BCUT2D eigenvalue weighted by molar-refractivity contribution is 0.151. The van der Waals surface area contributed by atoms with Crippen LogP contribution in [-0.4, -0.2) is 13.7 Å². The van der Waals surface area contributed by atoms with Gasteiger partial charge in [-0.25, -0.2) is 8.78 Å². The van der Waals surface area contributed by atoms with E-state index < -0.39 is 6.43 Å². The molecule has 0 aromatic heterocycles. The van der Waals surface area contributed by atoms with Gasteiger partial charge in [0.2, 0.25) is 0 Å². The van der Waals surface area contributed by atoms with Crippen molar-refractivity contribution < 1.29 is 13.5 Å². The number of hydrogen-bond acceptors (Lipinski definition) is 2. The van der Waals surface area contributed by atoms with Gasteiger partial charge in [-0.1, -0.05) is 36.4 Å². The van der Waals surface area contributed by atoms with E-state index in [1.807, 2.05) is 18.2 Å². The van der Waals surface area contributed by atoms with E-state index in [-0.39, 0.29) is 5.56 Å². The van der Waals surface area contributed by atoms with Crippen molar-refractivity contribution in [3.05, 3.63) is 65.2 Å². The summed E-state index contributed by atoms with van der Waals surface area (Å²) >= 11 is 0. The second-order valence-corrected chi connectivity index (χ2v) is 4.82. The Hall–Kier alpha value is -1.94. The molecule has 2 rings (SSSR count). The van der Waals surface area contributed by atoms with Crippen LogP contribution >= 0.6 is 0 Å². The van der Waals surface area contributed by atoms with E-state index in [4.69, 9.17) is 4.74 Å². The first kappa shape index (κ1) is 15.4. The predicted octanol–water partition coefficient (Wildman–Crippen LogP) is 3.97. The van der Waals surface area contributed by atoms with Gasteiger partial charge >= 0.3 is 0 Å². The Morgan fingerprint density at radius 1 is 1.05 bits per heavy atom. The normalized spacial score (nSPS) is 10.9. The molecule has 0 amide bonds. The fourth-order valence-electron chi connectivity index (χ4n) is 2.07. The van der Waals surface area contributed by atoms with Gasteiger partial charge in [-0.15, -0.1) is 0 Å². The van der Waals surface area contributed by atoms with Crippen LogP contribution in [0.1, 0.15) is 23.1 Å². The maximum Gasteiger partial charge on any atom is 0.263 e. The molecule has 0 aliphatic carbocycles. The quantitative estimate of drug-likeness (QED) is 0.780. The van der Waals surface area contributed by atoms with Crippen molar-refractivity contribution in [1.82, 2.24) is 5.32 Å². The number of benzene rings is 2. The average Bonchev–Trinajstić information content (AvgIpc) is 2.52. The van der Waals surface area contributed by atoms with Gasteiger partial charge in [0, 0.05) is 12.1 Å². The first-order chi connectivity index (χ1) is 10.2. The summed E-state index contributed by atoms with van der Waals surface area (Å²) in [6.07, 6.45) is -1.51. The largest absolute Gasteiger partial charge is 0.497 e. The molecule has 0 saturated heterocycles. The monoisotopic (exact) mass is 291 g/mol. The summed E-state index contributed by atoms with van der Waals surface area (Å²) in [5, 5.41) is 3.31. The number of methoxy groups -OCH3 is 1. The topological polar surface area (TPSA) is 21.3 Å². The van der Waals surface area contributed by atoms with Crippen LogP contribution in [0.25, 0.3) is 0 Å². The minimum absolute atomic E-state index is 0.0649. The summed E-state index contributed by atoms with van der Waals surface area (Å²) in [6, 6.07) is 14.4. The van der Waals surface area contributed by atoms with Crippen LogP contribution in [0.4, 0.5) is 8.78 Å². The van der Waals surface area contributed by atoms with E-state index in [9.17, 15) is 8.78 Å². The second kappa shape index (κ2) is 7.74. The Labute approximate surface area is 123 Å². The van der Waals surface area contributed by atoms with Gasteiger partial charge < -0.3 is 10.1 Å². The van der Waals surface area contributed by atoms with E-state index in [0.717, 1.165) is 24.3 Å². The number of ether oxygens (including phenoxy) is 1. The van der Waals surface area contributed by atoms with Crippen molar-refractivity contribution in [3.8, 4) is 5.75 Å². The molecule has 4 heteroatoms. The fraction of sp³-hybridized carbons (Fsp3) is 0.294. The van der Waals surface area contributed by atoms with Crippen molar-refractivity contribution >= 4 is 0 Å². The molecule has 21 heavy (non-hydrogen) atoms. The van der Waals surface area contributed by atoms with Crippen molar-refractivity contribution in [2.75, 3.05) is 13.7 Å². The number of hydrogen-bond donors (Lipinski definition) is 1. The van der Waals surface area contributed by atoms with E-state index in [2.05, 4.69) is 11.4 Å². The minimum atomic E-state index is -2.40. The lowest BCUT2D eigenvalue weighted by atomic mass is 10.1. The van der Waals surface area contributed by atoms with Gasteiger partial charge in [0.15, 0.2) is 0 Å². The SMILES string of the molecule is COc1cccc(CCNCc2ccc(C(F)F)cc2)c1. The zero-order chi connectivity index (χ0) is 15.1. The lowest BCUT2D eigenvalue weighted by Gasteiger charge is -2.07. The third-order valence-electron chi connectivity index (χ3n) is 3.29. The van der Waals surface area contributed by atoms with Crippen LogP contribution in [0.3, 0.4) is 0 Å². The molecule has 2 aromatic rings. The van der Waals surface area contributed by atoms with Gasteiger partial charge in [0.1, 0.15) is 5.75 Å². The summed E-state index contributed by atoms with van der Waals surface area (Å²) < 4.78 is 30.0. The van der Waals surface area contributed by atoms with Gasteiger partial charge in [-0.05, 0) is 36.2 Å². The summed E-state index contributed by atoms with van der Waals surface area (Å²) in [4.78, 5) is 0. The van der Waals surface area contributed by atoms with Crippen molar-refractivity contribution in [2.45, 2.75) is 19.4 Å². The molecule has 0 radical (unpaired) electrons. The highest BCUT2D eigenvalue weighted by Crippen LogP contribution is 2.18. The zero-order valence-electron chi connectivity index (χ0n) is 12.0. The van der Waals surface area contributed by atoms with Gasteiger partial charge in [0.05, 0.1) is 7.11 Å². The van der Waals surface area contributed by atoms with Crippen LogP contribution in [0.2, 0.25) is 0 Å². The van der Waals surface area contributed by atoms with Crippen LogP contribution in [0.5, 0.6) is 5.75 Å². The Morgan fingerprint density at radius 3 is 2.48 bits per heavy atom. The Kier molecular flexibility index (Phi) is 5.69. The third kappa shape index (κ3) is 4.83. The van der Waals surface area contributed by atoms with Crippen molar-refractivity contribution in [3.63, 3.8) is 0 Å². The number of rotatable bonds is 7. The molecular formula is C17H19F2NO. The molecule has 0 heterocycles. The second-order valence-electron chi connectivity index (χ2n) is 4.82. The standard InChI is InChI=1S/C17H19F2NO/c1-21-16-4-2-3-13(11-16)9-10-20-12-14-5-7-15(8-6-14)17(18)19/h2-8,11,17,20H,9-10,12H2,1H3. The molecule has 2 aromatic carbocycles. The summed E-state index contributed by atoms with van der Waals surface area (Å²) in [5.74, 6) is 0.857. The molecule has 112 valence electrons. The van der Waals surface area contributed by atoms with Gasteiger partial charge in [0.25, 0.3) is 6.43 Å². The first-order valence-corrected chi connectivity index (χ1v) is 6.89. The highest BCUT2D eigenvalue weighted by atomic mass is 19.3. The van der Waals surface area contributed by atoms with Gasteiger partial charge in [-0.3, -0.25) is 0 Å². The van der Waals surface area contributed by atoms with Crippen LogP contribution in [0, 0.1) is 0 Å². The maximum atomic E-state index is 12.4. The Morgan fingerprint density at radius 2 is 1.81 bits per heavy atom. The molecule has 0 fully saturated rings. The lowest BCUT2D eigenvalue weighted by Crippen LogP contribution is -2.16. The molecule has 0 aliphatic rings. The van der Waals surface area contributed by atoms with Crippen molar-refractivity contribution in [1.29, 1.82) is 0 Å². The molecule has 0 unspecified atom stereocenters. The molecule has 2 nitrogen and oxygen atoms in total. The average molecular weight is 291 g/mol. The number of nitrogens with one attached hydrogen (secondary N) is 1. The summed E-state index contributed by atoms with van der Waals surface area (Å²) in [5.41, 5.74) is 2.27. The van der Waals surface area contributed by atoms with Crippen LogP contribution < -0.4 is 10.1 Å².